The van der Waals surface area contributed by atoms with E-state index in [0.29, 0.717) is 43.1 Å². The number of ether oxygens (including phenoxy) is 2. The number of anilines is 2. The Kier molecular flexibility index (Phi) is 8.14. The molecule has 11 nitrogen and oxygen atoms in total. The van der Waals surface area contributed by atoms with Gasteiger partial charge in [-0.25, -0.2) is 9.11 Å². The topological polar surface area (TPSA) is 135 Å². The summed E-state index contributed by atoms with van der Waals surface area (Å²) in [6.45, 7) is 8.36. The van der Waals surface area contributed by atoms with Gasteiger partial charge in [-0.1, -0.05) is 18.1 Å². The lowest BCUT2D eigenvalue weighted by Crippen LogP contribution is -2.56. The van der Waals surface area contributed by atoms with Gasteiger partial charge in [-0.05, 0) is 51.6 Å². The molecular formula is C32H37F4N7O4S. The number of alkyl halides is 3. The summed E-state index contributed by atoms with van der Waals surface area (Å²) in [5, 5.41) is 0. The molecule has 3 atom stereocenters. The number of aromatic nitrogens is 2. The minimum absolute atomic E-state index is 0.0366. The summed E-state index contributed by atoms with van der Waals surface area (Å²) in [5.74, 6) is 4.09. The average molecular weight is 692 g/mol. The van der Waals surface area contributed by atoms with Crippen LogP contribution in [0.25, 0.3) is 0 Å². The van der Waals surface area contributed by atoms with Crippen LogP contribution in [0.5, 0.6) is 6.01 Å². The third kappa shape index (κ3) is 5.89. The summed E-state index contributed by atoms with van der Waals surface area (Å²) in [6, 6.07) is 0.928. The molecule has 2 aromatic rings. The largest absolute Gasteiger partial charge is 0.461 e. The molecule has 4 saturated heterocycles. The maximum absolute atomic E-state index is 15.6. The molecule has 4 fully saturated rings. The summed E-state index contributed by atoms with van der Waals surface area (Å²) in [6.07, 6.45) is -2.58. The van der Waals surface area contributed by atoms with Crippen molar-refractivity contribution in [2.45, 2.75) is 75.4 Å². The Balaban J connectivity index is 1.28. The van der Waals surface area contributed by atoms with E-state index in [1.54, 1.807) is 0 Å². The zero-order valence-corrected chi connectivity index (χ0v) is 27.3. The van der Waals surface area contributed by atoms with Crippen molar-refractivity contribution in [1.82, 2.24) is 24.3 Å². The van der Waals surface area contributed by atoms with E-state index in [2.05, 4.69) is 37.7 Å². The first-order chi connectivity index (χ1) is 22.7. The number of hydrogen-bond acceptors (Lipinski definition) is 9. The second kappa shape index (κ2) is 11.8. The lowest BCUT2D eigenvalue weighted by Gasteiger charge is -2.41. The maximum atomic E-state index is 15.6. The van der Waals surface area contributed by atoms with Crippen LogP contribution in [0.3, 0.4) is 0 Å². The van der Waals surface area contributed by atoms with E-state index in [1.165, 1.54) is 6.92 Å². The van der Waals surface area contributed by atoms with E-state index < -0.39 is 56.2 Å². The Hall–Kier alpha value is -3.49. The smallest absolute Gasteiger partial charge is 0.418 e. The second-order valence-electron chi connectivity index (χ2n) is 13.4. The fraction of sp³-hybridized carbons (Fsp3) is 0.562. The van der Waals surface area contributed by atoms with E-state index >= 15 is 4.39 Å². The molecular weight excluding hydrogens is 654 g/mol. The maximum Gasteiger partial charge on any atom is 0.418 e. The Labute approximate surface area is 276 Å². The van der Waals surface area contributed by atoms with Gasteiger partial charge >= 0.3 is 12.2 Å². The van der Waals surface area contributed by atoms with Gasteiger partial charge in [0, 0.05) is 49.3 Å². The van der Waals surface area contributed by atoms with Gasteiger partial charge in [0.25, 0.3) is 10.2 Å². The highest BCUT2D eigenvalue weighted by atomic mass is 32.2. The summed E-state index contributed by atoms with van der Waals surface area (Å²) in [4.78, 5) is 13.8. The van der Waals surface area contributed by atoms with E-state index in [4.69, 9.17) is 20.2 Å². The highest BCUT2D eigenvalue weighted by Crippen LogP contribution is 2.45. The van der Waals surface area contributed by atoms with Gasteiger partial charge in [0.15, 0.2) is 5.82 Å². The normalized spacial score (nSPS) is 28.3. The Morgan fingerprint density at radius 1 is 1.25 bits per heavy atom. The molecule has 6 heterocycles. The number of nitrogens with zero attached hydrogens (tertiary/aromatic N) is 4. The highest BCUT2D eigenvalue weighted by molar-refractivity contribution is 7.87. The van der Waals surface area contributed by atoms with Gasteiger partial charge in [-0.2, -0.15) is 36.3 Å². The molecule has 0 amide bonds. The summed E-state index contributed by atoms with van der Waals surface area (Å²) < 4.78 is 101. The lowest BCUT2D eigenvalue weighted by atomic mass is 9.89. The van der Waals surface area contributed by atoms with Crippen molar-refractivity contribution in [2.24, 2.45) is 0 Å². The van der Waals surface area contributed by atoms with Crippen LogP contribution in [0, 0.1) is 17.7 Å². The van der Waals surface area contributed by atoms with Crippen LogP contribution >= 0.6 is 0 Å². The Morgan fingerprint density at radius 2 is 2.04 bits per heavy atom. The molecule has 1 aromatic heterocycles. The third-order valence-electron chi connectivity index (χ3n) is 10.1. The number of hydrogen-bond donors (Lipinski definition) is 3. The van der Waals surface area contributed by atoms with E-state index in [9.17, 15) is 21.6 Å². The zero-order valence-electron chi connectivity index (χ0n) is 26.5. The summed E-state index contributed by atoms with van der Waals surface area (Å²) in [5.41, 5.74) is 3.97. The molecule has 4 N–H and O–H groups in total. The second-order valence-corrected chi connectivity index (χ2v) is 14.9. The molecule has 16 heteroatoms. The van der Waals surface area contributed by atoms with Gasteiger partial charge in [-0.3, -0.25) is 4.90 Å². The van der Waals surface area contributed by atoms with Crippen molar-refractivity contribution in [2.75, 3.05) is 50.0 Å². The van der Waals surface area contributed by atoms with Crippen molar-refractivity contribution >= 4 is 21.7 Å². The van der Waals surface area contributed by atoms with Gasteiger partial charge in [0.05, 0.1) is 40.7 Å². The fourth-order valence-corrected chi connectivity index (χ4v) is 9.41. The molecule has 0 aliphatic carbocycles. The molecule has 0 unspecified atom stereocenters. The lowest BCUT2D eigenvalue weighted by molar-refractivity contribution is -0.140. The molecule has 1 spiro atoms. The van der Waals surface area contributed by atoms with Crippen molar-refractivity contribution in [3.63, 3.8) is 0 Å². The van der Waals surface area contributed by atoms with Crippen LogP contribution in [-0.2, 0) is 34.2 Å². The van der Waals surface area contributed by atoms with E-state index in [1.807, 2.05) is 4.90 Å². The van der Waals surface area contributed by atoms with Gasteiger partial charge in [-0.15, -0.1) is 5.92 Å². The quantitative estimate of drug-likeness (QED) is 0.187. The van der Waals surface area contributed by atoms with Crippen molar-refractivity contribution in [3.05, 3.63) is 52.0 Å². The average Bonchev–Trinajstić information content (AvgIpc) is 3.65. The van der Waals surface area contributed by atoms with Crippen LogP contribution < -0.4 is 24.8 Å². The number of nitrogens with one attached hydrogen (secondary N) is 2. The number of halogens is 4. The fourth-order valence-electron chi connectivity index (χ4n) is 8.06. The van der Waals surface area contributed by atoms with Crippen molar-refractivity contribution in [1.29, 1.82) is 0 Å². The molecule has 0 saturated carbocycles. The third-order valence-corrected chi connectivity index (χ3v) is 11.3. The number of benzene rings is 1. The first-order valence-electron chi connectivity index (χ1n) is 15.9. The Morgan fingerprint density at radius 3 is 2.77 bits per heavy atom. The van der Waals surface area contributed by atoms with E-state index in [0.717, 1.165) is 44.0 Å². The highest BCUT2D eigenvalue weighted by Gasteiger charge is 2.48. The minimum Gasteiger partial charge on any atom is -0.461 e. The van der Waals surface area contributed by atoms with Crippen LogP contribution in [0.2, 0.25) is 0 Å². The van der Waals surface area contributed by atoms with Crippen LogP contribution in [0.1, 0.15) is 73.1 Å². The van der Waals surface area contributed by atoms with Gasteiger partial charge in [0.2, 0.25) is 0 Å². The minimum atomic E-state index is -4.94. The van der Waals surface area contributed by atoms with Gasteiger partial charge in [0.1, 0.15) is 12.4 Å². The number of piperidine rings is 1. The van der Waals surface area contributed by atoms with E-state index in [-0.39, 0.29) is 37.7 Å². The molecule has 1 aromatic carbocycles. The predicted molar refractivity (Wildman–Crippen MR) is 169 cm³/mol. The first-order valence-corrected chi connectivity index (χ1v) is 17.4. The zero-order chi connectivity index (χ0) is 34.1. The van der Waals surface area contributed by atoms with Gasteiger partial charge < -0.3 is 20.1 Å². The number of nitrogen functional groups attached to an aromatic ring is 1. The molecule has 0 radical (unpaired) electrons. The molecule has 7 rings (SSSR count). The Bertz CT molecular complexity index is 1850. The summed E-state index contributed by atoms with van der Waals surface area (Å²) in [7, 11) is -3.65. The van der Waals surface area contributed by atoms with Crippen LogP contribution in [-0.4, -0.2) is 73.7 Å². The summed E-state index contributed by atoms with van der Waals surface area (Å²) >= 11 is 0. The first kappa shape index (κ1) is 33.0. The standard InChI is InChI=1S/C32H37F4N7O4S/c1-3-6-20-11-22(37)27(33)25(26(20)32(34,35)36)24-12-23-21(15-46-24)28(42-9-4-7-30(17-42)16-38-48(44,45)41-30)40-29(39-23)47-18-31-8-5-10-43(31)14-19(2)13-31/h11,24,38,41H,2,4-5,7-10,12-18,37H2,1H3/t24-,30+,31+/m0/s1. The molecule has 258 valence electrons. The number of nitrogens with two attached hydrogens (primary N) is 1. The molecule has 5 aliphatic rings. The monoisotopic (exact) mass is 691 g/mol. The predicted octanol–water partition coefficient (Wildman–Crippen LogP) is 3.35. The molecule has 48 heavy (non-hydrogen) atoms. The molecule has 5 aliphatic heterocycles. The van der Waals surface area contributed by atoms with Crippen molar-refractivity contribution in [3.8, 4) is 17.9 Å². The van der Waals surface area contributed by atoms with Crippen molar-refractivity contribution < 1.29 is 35.5 Å². The number of fused-ring (bicyclic) bond motifs is 2. The number of rotatable bonds is 5. The SMILES string of the molecule is C=C1CN2CCC[C@]2(COc2nc3c(c(N4CCC[C@@]5(CNS(=O)(=O)N5)C4)n2)CO[C@H](c2c(F)c(N)cc(C#CC)c2C(F)(F)F)C3)C1. The van der Waals surface area contributed by atoms with Crippen LogP contribution in [0.15, 0.2) is 18.2 Å². The van der Waals surface area contributed by atoms with Crippen LogP contribution in [0.4, 0.5) is 29.1 Å². The molecule has 0 bridgehead atoms.